The maximum absolute atomic E-state index is 11.8. The number of ether oxygens (including phenoxy) is 2. The molecule has 0 aliphatic heterocycles. The maximum Gasteiger partial charge on any atom is 0.322 e. The molecule has 2 rings (SSSR count). The molecule has 2 aromatic rings. The summed E-state index contributed by atoms with van der Waals surface area (Å²) in [7, 11) is 1.29. The second-order valence-corrected chi connectivity index (χ2v) is 5.19. The van der Waals surface area contributed by atoms with Gasteiger partial charge in [-0.3, -0.25) is 9.59 Å². The van der Waals surface area contributed by atoms with Crippen molar-refractivity contribution in [3.05, 3.63) is 41.7 Å². The van der Waals surface area contributed by atoms with E-state index in [-0.39, 0.29) is 24.8 Å². The summed E-state index contributed by atoms with van der Waals surface area (Å²) >= 11 is 0. The maximum atomic E-state index is 11.8. The Bertz CT molecular complexity index is 726. The van der Waals surface area contributed by atoms with Gasteiger partial charge >= 0.3 is 12.0 Å². The summed E-state index contributed by atoms with van der Waals surface area (Å²) in [6.45, 7) is 3.72. The summed E-state index contributed by atoms with van der Waals surface area (Å²) in [6.07, 6.45) is 0.0902. The smallest absolute Gasteiger partial charge is 0.322 e. The number of rotatable bonds is 6. The van der Waals surface area contributed by atoms with E-state index in [4.69, 9.17) is 4.74 Å². The minimum Gasteiger partial charge on any atom is -0.469 e. The molecule has 0 aliphatic rings. The number of aryl methyl sites for hydroxylation is 2. The fourth-order valence-electron chi connectivity index (χ4n) is 2.02. The van der Waals surface area contributed by atoms with Gasteiger partial charge in [0.2, 0.25) is 5.91 Å². The zero-order valence-electron chi connectivity index (χ0n) is 13.8. The molecule has 0 spiro atoms. The van der Waals surface area contributed by atoms with Crippen molar-refractivity contribution < 1.29 is 19.1 Å². The number of hydrogen-bond acceptors (Lipinski definition) is 6. The lowest BCUT2D eigenvalue weighted by Gasteiger charge is -2.08. The Labute approximate surface area is 140 Å². The number of benzene rings is 1. The van der Waals surface area contributed by atoms with Crippen LogP contribution in [0.2, 0.25) is 0 Å². The van der Waals surface area contributed by atoms with Crippen LogP contribution in [0, 0.1) is 13.8 Å². The van der Waals surface area contributed by atoms with Gasteiger partial charge in [0, 0.05) is 29.6 Å². The van der Waals surface area contributed by atoms with Crippen LogP contribution in [0.3, 0.4) is 0 Å². The molecule has 1 N–H and O–H groups in total. The highest BCUT2D eigenvalue weighted by Gasteiger charge is 2.08. The highest BCUT2D eigenvalue weighted by atomic mass is 16.5. The van der Waals surface area contributed by atoms with Crippen molar-refractivity contribution in [2.24, 2.45) is 0 Å². The van der Waals surface area contributed by atoms with Gasteiger partial charge in [0.05, 0.1) is 13.5 Å². The Balaban J connectivity index is 2.00. The van der Waals surface area contributed by atoms with Crippen LogP contribution < -0.4 is 10.1 Å². The first-order valence-corrected chi connectivity index (χ1v) is 7.43. The number of anilines is 1. The third-order valence-corrected chi connectivity index (χ3v) is 3.07. The molecule has 7 heteroatoms. The zero-order chi connectivity index (χ0) is 17.5. The van der Waals surface area contributed by atoms with E-state index in [0.29, 0.717) is 11.4 Å². The van der Waals surface area contributed by atoms with Gasteiger partial charge in [0.25, 0.3) is 0 Å². The first-order valence-electron chi connectivity index (χ1n) is 7.43. The Hall–Kier alpha value is -2.96. The molecule has 1 heterocycles. The molecular weight excluding hydrogens is 310 g/mol. The number of amides is 1. The molecule has 0 unspecified atom stereocenters. The molecule has 1 aromatic carbocycles. The van der Waals surface area contributed by atoms with Gasteiger partial charge in [0.1, 0.15) is 5.75 Å². The molecular formula is C17H19N3O4. The third kappa shape index (κ3) is 5.35. The first kappa shape index (κ1) is 17.4. The molecule has 0 fully saturated rings. The van der Waals surface area contributed by atoms with Gasteiger partial charge in [-0.25, -0.2) is 9.97 Å². The van der Waals surface area contributed by atoms with Crippen LogP contribution in [0.15, 0.2) is 30.3 Å². The minimum absolute atomic E-state index is 0.0366. The van der Waals surface area contributed by atoms with Gasteiger partial charge in [0.15, 0.2) is 0 Å². The highest BCUT2D eigenvalue weighted by Crippen LogP contribution is 2.22. The second-order valence-electron chi connectivity index (χ2n) is 5.19. The highest BCUT2D eigenvalue weighted by molar-refractivity contribution is 5.92. The first-order chi connectivity index (χ1) is 11.5. The monoisotopic (exact) mass is 329 g/mol. The normalized spacial score (nSPS) is 10.1. The predicted octanol–water partition coefficient (Wildman–Crippen LogP) is 2.78. The van der Waals surface area contributed by atoms with E-state index < -0.39 is 5.97 Å². The minimum atomic E-state index is -0.422. The zero-order valence-corrected chi connectivity index (χ0v) is 13.8. The van der Waals surface area contributed by atoms with Crippen LogP contribution in [-0.4, -0.2) is 29.0 Å². The van der Waals surface area contributed by atoms with Crippen molar-refractivity contribution in [2.75, 3.05) is 12.4 Å². The van der Waals surface area contributed by atoms with E-state index in [1.54, 1.807) is 24.3 Å². The second kappa shape index (κ2) is 8.05. The molecule has 24 heavy (non-hydrogen) atoms. The largest absolute Gasteiger partial charge is 0.469 e. The van der Waals surface area contributed by atoms with Crippen molar-refractivity contribution in [3.8, 4) is 11.8 Å². The van der Waals surface area contributed by atoms with Crippen LogP contribution in [0.1, 0.15) is 24.2 Å². The number of carbonyl (C=O) groups is 2. The van der Waals surface area contributed by atoms with Crippen LogP contribution in [0.4, 0.5) is 5.69 Å². The van der Waals surface area contributed by atoms with Crippen LogP contribution in [0.25, 0.3) is 0 Å². The molecule has 0 saturated heterocycles. The number of methoxy groups -OCH3 is 1. The Morgan fingerprint density at radius 2 is 1.79 bits per heavy atom. The fraction of sp³-hybridized carbons (Fsp3) is 0.294. The molecule has 0 aliphatic carbocycles. The molecule has 0 radical (unpaired) electrons. The molecule has 0 atom stereocenters. The predicted molar refractivity (Wildman–Crippen MR) is 87.9 cm³/mol. The fourth-order valence-corrected chi connectivity index (χ4v) is 2.02. The summed E-state index contributed by atoms with van der Waals surface area (Å²) in [4.78, 5) is 31.3. The molecule has 0 bridgehead atoms. The van der Waals surface area contributed by atoms with Gasteiger partial charge in [-0.05, 0) is 32.0 Å². The van der Waals surface area contributed by atoms with E-state index >= 15 is 0 Å². The summed E-state index contributed by atoms with van der Waals surface area (Å²) < 4.78 is 10.1. The molecule has 7 nitrogen and oxygen atoms in total. The standard InChI is InChI=1S/C17H19N3O4/c1-11-9-12(2)19-17(18-11)24-14-6-4-5-13(10-14)20-15(21)7-8-16(22)23-3/h4-6,9-10H,7-8H2,1-3H3,(H,20,21). The topological polar surface area (TPSA) is 90.4 Å². The van der Waals surface area contributed by atoms with Gasteiger partial charge < -0.3 is 14.8 Å². The quantitative estimate of drug-likeness (QED) is 0.820. The molecule has 1 amide bonds. The van der Waals surface area contributed by atoms with Crippen LogP contribution in [-0.2, 0) is 14.3 Å². The summed E-state index contributed by atoms with van der Waals surface area (Å²) in [6, 6.07) is 8.98. The lowest BCUT2D eigenvalue weighted by molar-refractivity contribution is -0.141. The lowest BCUT2D eigenvalue weighted by Crippen LogP contribution is -2.13. The summed E-state index contributed by atoms with van der Waals surface area (Å²) in [5.74, 6) is -0.194. The van der Waals surface area contributed by atoms with Crippen molar-refractivity contribution in [1.29, 1.82) is 0 Å². The average Bonchev–Trinajstić information content (AvgIpc) is 2.52. The number of nitrogens with zero attached hydrogens (tertiary/aromatic N) is 2. The van der Waals surface area contributed by atoms with Crippen LogP contribution in [0.5, 0.6) is 11.8 Å². The SMILES string of the molecule is COC(=O)CCC(=O)Nc1cccc(Oc2nc(C)cc(C)n2)c1. The van der Waals surface area contributed by atoms with Gasteiger partial charge in [-0.15, -0.1) is 0 Å². The van der Waals surface area contributed by atoms with E-state index in [1.807, 2.05) is 19.9 Å². The number of aromatic nitrogens is 2. The van der Waals surface area contributed by atoms with Gasteiger partial charge in [-0.1, -0.05) is 6.07 Å². The third-order valence-electron chi connectivity index (χ3n) is 3.07. The van der Waals surface area contributed by atoms with E-state index in [2.05, 4.69) is 20.0 Å². The molecule has 1 aromatic heterocycles. The van der Waals surface area contributed by atoms with Crippen molar-refractivity contribution in [1.82, 2.24) is 9.97 Å². The Morgan fingerprint density at radius 3 is 2.46 bits per heavy atom. The number of hydrogen-bond donors (Lipinski definition) is 1. The summed E-state index contributed by atoms with van der Waals surface area (Å²) in [5, 5.41) is 2.70. The van der Waals surface area contributed by atoms with Gasteiger partial charge in [-0.2, -0.15) is 0 Å². The Morgan fingerprint density at radius 1 is 1.08 bits per heavy atom. The molecule has 0 saturated carbocycles. The van der Waals surface area contributed by atoms with E-state index in [1.165, 1.54) is 7.11 Å². The van der Waals surface area contributed by atoms with Crippen molar-refractivity contribution >= 4 is 17.6 Å². The number of nitrogens with one attached hydrogen (secondary N) is 1. The number of esters is 1. The van der Waals surface area contributed by atoms with E-state index in [0.717, 1.165) is 11.4 Å². The molecule has 126 valence electrons. The average molecular weight is 329 g/mol. The Kier molecular flexibility index (Phi) is 5.83. The van der Waals surface area contributed by atoms with E-state index in [9.17, 15) is 9.59 Å². The van der Waals surface area contributed by atoms with Crippen molar-refractivity contribution in [3.63, 3.8) is 0 Å². The summed E-state index contributed by atoms with van der Waals surface area (Å²) in [5.41, 5.74) is 2.18. The lowest BCUT2D eigenvalue weighted by atomic mass is 10.2. The van der Waals surface area contributed by atoms with Crippen LogP contribution >= 0.6 is 0 Å². The number of carbonyl (C=O) groups excluding carboxylic acids is 2. The van der Waals surface area contributed by atoms with Crippen molar-refractivity contribution in [2.45, 2.75) is 26.7 Å².